The lowest BCUT2D eigenvalue weighted by Crippen LogP contribution is -2.38. The van der Waals surface area contributed by atoms with Crippen LogP contribution < -0.4 is 0 Å². The molecule has 3 nitrogen and oxygen atoms in total. The molecule has 0 spiro atoms. The molecule has 198 valence electrons. The molecule has 0 aromatic carbocycles. The summed E-state index contributed by atoms with van der Waals surface area (Å²) in [6.07, 6.45) is 21.7. The van der Waals surface area contributed by atoms with Gasteiger partial charge in [0.25, 0.3) is 0 Å². The SMILES string of the molecule is C#CC#CC1C=C(OCC(=O)OC(C)(C)C2CCCCC2)C=C/C1=C/CC(CC(C)(C)C)C(C)(C)C. The number of carbonyl (C=O) groups excluding carboxylic acids is 1. The maximum atomic E-state index is 12.6. The standard InChI is InChI=1S/C33H48O3/c1-10-11-15-26-22-29(35-24-30(34)36-33(8,9)27-16-13-12-14-17-27)21-19-25(26)18-20-28(32(5,6)7)23-31(2,3)4/h1,18-19,21-22,26-28H,12-14,16-17,20,23-24H2,2-9H3/b25-18-. The second-order valence-electron chi connectivity index (χ2n) is 13.3. The third kappa shape index (κ3) is 9.93. The summed E-state index contributed by atoms with van der Waals surface area (Å²) in [6.45, 7) is 17.8. The molecule has 1 fully saturated rings. The van der Waals surface area contributed by atoms with Crippen LogP contribution >= 0.6 is 0 Å². The molecule has 0 bridgehead atoms. The molecule has 1 saturated carbocycles. The second kappa shape index (κ2) is 12.7. The molecule has 2 aliphatic carbocycles. The first kappa shape index (κ1) is 29.8. The highest BCUT2D eigenvalue weighted by atomic mass is 16.6. The summed E-state index contributed by atoms with van der Waals surface area (Å²) in [6, 6.07) is 0. The van der Waals surface area contributed by atoms with Crippen molar-refractivity contribution in [3.05, 3.63) is 35.6 Å². The summed E-state index contributed by atoms with van der Waals surface area (Å²) in [5, 5.41) is 0. The number of allylic oxidation sites excluding steroid dienone is 5. The highest BCUT2D eigenvalue weighted by molar-refractivity contribution is 5.71. The van der Waals surface area contributed by atoms with Gasteiger partial charge in [-0.2, -0.15) is 0 Å². The minimum absolute atomic E-state index is 0.113. The number of hydrogen-bond acceptors (Lipinski definition) is 3. The van der Waals surface area contributed by atoms with Gasteiger partial charge in [-0.05, 0) is 91.8 Å². The number of esters is 1. The third-order valence-corrected chi connectivity index (χ3v) is 7.47. The monoisotopic (exact) mass is 492 g/mol. The summed E-state index contributed by atoms with van der Waals surface area (Å²) >= 11 is 0. The van der Waals surface area contributed by atoms with Crippen LogP contribution in [0.15, 0.2) is 35.6 Å². The van der Waals surface area contributed by atoms with E-state index in [0.717, 1.165) is 31.3 Å². The van der Waals surface area contributed by atoms with E-state index in [4.69, 9.17) is 15.9 Å². The lowest BCUT2D eigenvalue weighted by molar-refractivity contribution is -0.166. The fourth-order valence-electron chi connectivity index (χ4n) is 5.24. The first-order valence-corrected chi connectivity index (χ1v) is 13.6. The molecule has 2 rings (SSSR count). The molecule has 2 atom stereocenters. The average Bonchev–Trinajstić information content (AvgIpc) is 2.78. The van der Waals surface area contributed by atoms with Gasteiger partial charge in [0.05, 0.1) is 5.92 Å². The van der Waals surface area contributed by atoms with Gasteiger partial charge in [-0.15, -0.1) is 6.42 Å². The number of hydrogen-bond donors (Lipinski definition) is 0. The van der Waals surface area contributed by atoms with E-state index >= 15 is 0 Å². The van der Waals surface area contributed by atoms with E-state index in [9.17, 15) is 4.79 Å². The van der Waals surface area contributed by atoms with Crippen LogP contribution in [0.5, 0.6) is 0 Å². The van der Waals surface area contributed by atoms with Crippen molar-refractivity contribution in [2.75, 3.05) is 6.61 Å². The van der Waals surface area contributed by atoms with Crippen molar-refractivity contribution >= 4 is 5.97 Å². The van der Waals surface area contributed by atoms with Crippen molar-refractivity contribution in [1.29, 1.82) is 0 Å². The fraction of sp³-hybridized carbons (Fsp3) is 0.667. The number of carbonyl (C=O) groups is 1. The first-order valence-electron chi connectivity index (χ1n) is 13.6. The minimum atomic E-state index is -0.467. The summed E-state index contributed by atoms with van der Waals surface area (Å²) in [5.74, 6) is 9.43. The largest absolute Gasteiger partial charge is 0.482 e. The smallest absolute Gasteiger partial charge is 0.344 e. The third-order valence-electron chi connectivity index (χ3n) is 7.47. The van der Waals surface area contributed by atoms with Crippen LogP contribution in [0.1, 0.15) is 100 Å². The Morgan fingerprint density at radius 3 is 2.33 bits per heavy atom. The van der Waals surface area contributed by atoms with E-state index in [0.29, 0.717) is 17.6 Å². The van der Waals surface area contributed by atoms with Gasteiger partial charge in [-0.25, -0.2) is 4.79 Å². The predicted octanol–water partition coefficient (Wildman–Crippen LogP) is 8.03. The van der Waals surface area contributed by atoms with Gasteiger partial charge in [-0.1, -0.05) is 78.9 Å². The van der Waals surface area contributed by atoms with Crippen LogP contribution in [-0.4, -0.2) is 18.2 Å². The molecular weight excluding hydrogens is 444 g/mol. The molecule has 0 heterocycles. The number of rotatable bonds is 8. The van der Waals surface area contributed by atoms with E-state index in [1.54, 1.807) is 0 Å². The van der Waals surface area contributed by atoms with Crippen LogP contribution in [-0.2, 0) is 14.3 Å². The van der Waals surface area contributed by atoms with Gasteiger partial charge in [0.1, 0.15) is 11.4 Å². The van der Waals surface area contributed by atoms with E-state index < -0.39 is 5.60 Å². The van der Waals surface area contributed by atoms with Crippen LogP contribution in [0.2, 0.25) is 0 Å². The lowest BCUT2D eigenvalue weighted by Gasteiger charge is -2.36. The van der Waals surface area contributed by atoms with Crippen LogP contribution in [0, 0.1) is 52.8 Å². The molecule has 0 aliphatic heterocycles. The van der Waals surface area contributed by atoms with E-state index in [1.165, 1.54) is 19.3 Å². The van der Waals surface area contributed by atoms with Gasteiger partial charge >= 0.3 is 5.97 Å². The Bertz CT molecular complexity index is 938. The molecule has 0 aromatic heterocycles. The Morgan fingerprint density at radius 2 is 1.75 bits per heavy atom. The van der Waals surface area contributed by atoms with Crippen molar-refractivity contribution in [3.8, 4) is 24.2 Å². The molecule has 0 saturated heterocycles. The van der Waals surface area contributed by atoms with Crippen molar-refractivity contribution in [1.82, 2.24) is 0 Å². The maximum Gasteiger partial charge on any atom is 0.344 e. The maximum absolute atomic E-state index is 12.6. The van der Waals surface area contributed by atoms with Gasteiger partial charge in [0.2, 0.25) is 0 Å². The molecule has 36 heavy (non-hydrogen) atoms. The molecule has 3 heteroatoms. The average molecular weight is 493 g/mol. The lowest BCUT2D eigenvalue weighted by atomic mass is 9.70. The van der Waals surface area contributed by atoms with Crippen LogP contribution in [0.4, 0.5) is 0 Å². The normalized spacial score (nSPS) is 21.1. The molecular formula is C33H48O3. The van der Waals surface area contributed by atoms with Gasteiger partial charge < -0.3 is 9.47 Å². The Morgan fingerprint density at radius 1 is 1.08 bits per heavy atom. The highest BCUT2D eigenvalue weighted by Gasteiger charge is 2.34. The molecule has 0 N–H and O–H groups in total. The summed E-state index contributed by atoms with van der Waals surface area (Å²) in [7, 11) is 0. The summed E-state index contributed by atoms with van der Waals surface area (Å²) in [4.78, 5) is 12.6. The summed E-state index contributed by atoms with van der Waals surface area (Å²) in [5.41, 5.74) is 1.13. The molecule has 2 aliphatic rings. The zero-order valence-corrected chi connectivity index (χ0v) is 24.0. The Kier molecular flexibility index (Phi) is 10.5. The quantitative estimate of drug-likeness (QED) is 0.254. The van der Waals surface area contributed by atoms with Gasteiger partial charge in [-0.3, -0.25) is 0 Å². The molecule has 0 amide bonds. The van der Waals surface area contributed by atoms with Crippen LogP contribution in [0.3, 0.4) is 0 Å². The van der Waals surface area contributed by atoms with Crippen molar-refractivity contribution in [2.24, 2.45) is 28.6 Å². The van der Waals surface area contributed by atoms with Crippen molar-refractivity contribution < 1.29 is 14.3 Å². The predicted molar refractivity (Wildman–Crippen MR) is 150 cm³/mol. The van der Waals surface area contributed by atoms with E-state index in [-0.39, 0.29) is 29.3 Å². The minimum Gasteiger partial charge on any atom is -0.482 e. The first-order chi connectivity index (χ1) is 16.7. The summed E-state index contributed by atoms with van der Waals surface area (Å²) < 4.78 is 11.7. The second-order valence-corrected chi connectivity index (χ2v) is 13.3. The molecule has 0 radical (unpaired) electrons. The van der Waals surface area contributed by atoms with Crippen molar-refractivity contribution in [3.63, 3.8) is 0 Å². The van der Waals surface area contributed by atoms with Crippen molar-refractivity contribution in [2.45, 2.75) is 106 Å². The molecule has 2 unspecified atom stereocenters. The fourth-order valence-corrected chi connectivity index (χ4v) is 5.24. The van der Waals surface area contributed by atoms with E-state index in [1.807, 2.05) is 32.1 Å². The highest BCUT2D eigenvalue weighted by Crippen LogP contribution is 2.39. The Labute approximate surface area is 221 Å². The Balaban J connectivity index is 2.05. The van der Waals surface area contributed by atoms with Gasteiger partial charge in [0.15, 0.2) is 6.61 Å². The van der Waals surface area contributed by atoms with Gasteiger partial charge in [0, 0.05) is 0 Å². The van der Waals surface area contributed by atoms with E-state index in [2.05, 4.69) is 65.4 Å². The zero-order chi connectivity index (χ0) is 27.0. The molecule has 0 aromatic rings. The Hall–Kier alpha value is -2.39. The topological polar surface area (TPSA) is 35.5 Å². The van der Waals surface area contributed by atoms with Crippen LogP contribution in [0.25, 0.3) is 0 Å². The number of ether oxygens (including phenoxy) is 2. The zero-order valence-electron chi connectivity index (χ0n) is 24.0. The number of terminal acetylenes is 1.